The molecule has 0 saturated carbocycles. The molecule has 0 bridgehead atoms. The number of carbonyl (C=O) groups excluding carboxylic acids is 2. The molecule has 1 fully saturated rings. The second-order valence-electron chi connectivity index (χ2n) is 7.53. The van der Waals surface area contributed by atoms with Crippen LogP contribution in [0.1, 0.15) is 23.3 Å². The minimum atomic E-state index is -0.192. The molecule has 1 aromatic carbocycles. The van der Waals surface area contributed by atoms with Crippen molar-refractivity contribution in [3.63, 3.8) is 0 Å². The van der Waals surface area contributed by atoms with Crippen LogP contribution >= 0.6 is 0 Å². The lowest BCUT2D eigenvalue weighted by Gasteiger charge is -2.31. The van der Waals surface area contributed by atoms with Crippen molar-refractivity contribution in [2.24, 2.45) is 5.92 Å². The van der Waals surface area contributed by atoms with Crippen molar-refractivity contribution in [3.8, 4) is 22.8 Å². The number of carbonyl (C=O) groups is 2. The topological polar surface area (TPSA) is 109 Å². The summed E-state index contributed by atoms with van der Waals surface area (Å²) < 4.78 is 10.6. The van der Waals surface area contributed by atoms with E-state index in [1.165, 1.54) is 0 Å². The summed E-state index contributed by atoms with van der Waals surface area (Å²) in [5.74, 6) is 0.787. The van der Waals surface area contributed by atoms with E-state index in [2.05, 4.69) is 20.5 Å². The van der Waals surface area contributed by atoms with Gasteiger partial charge < -0.3 is 19.7 Å². The zero-order chi connectivity index (χ0) is 22.5. The van der Waals surface area contributed by atoms with E-state index in [4.69, 9.17) is 9.47 Å². The molecule has 1 aliphatic rings. The van der Waals surface area contributed by atoms with Gasteiger partial charge in [0.15, 0.2) is 0 Å². The van der Waals surface area contributed by atoms with Gasteiger partial charge in [0.1, 0.15) is 17.2 Å². The van der Waals surface area contributed by atoms with Gasteiger partial charge in [0.2, 0.25) is 5.91 Å². The molecule has 3 heterocycles. The van der Waals surface area contributed by atoms with E-state index in [0.29, 0.717) is 54.5 Å². The van der Waals surface area contributed by atoms with E-state index in [0.717, 1.165) is 5.56 Å². The van der Waals surface area contributed by atoms with E-state index in [9.17, 15) is 9.59 Å². The number of ether oxygens (including phenoxy) is 2. The first-order valence-corrected chi connectivity index (χ1v) is 10.4. The largest absolute Gasteiger partial charge is 0.497 e. The Bertz CT molecular complexity index is 1090. The maximum absolute atomic E-state index is 12.9. The number of hydrogen-bond donors (Lipinski definition) is 2. The highest BCUT2D eigenvalue weighted by Crippen LogP contribution is 2.30. The average molecular weight is 435 g/mol. The second kappa shape index (κ2) is 9.51. The molecular formula is C23H25N5O4. The summed E-state index contributed by atoms with van der Waals surface area (Å²) in [5, 5.41) is 9.98. The van der Waals surface area contributed by atoms with Crippen molar-refractivity contribution in [1.29, 1.82) is 0 Å². The molecule has 166 valence electrons. The van der Waals surface area contributed by atoms with E-state index in [1.807, 2.05) is 12.1 Å². The van der Waals surface area contributed by atoms with Crippen molar-refractivity contribution in [2.75, 3.05) is 32.6 Å². The highest BCUT2D eigenvalue weighted by atomic mass is 16.5. The Morgan fingerprint density at radius 3 is 2.62 bits per heavy atom. The van der Waals surface area contributed by atoms with E-state index < -0.39 is 0 Å². The fourth-order valence-corrected chi connectivity index (χ4v) is 3.76. The molecule has 1 saturated heterocycles. The number of nitrogens with one attached hydrogen (secondary N) is 2. The first kappa shape index (κ1) is 21.4. The van der Waals surface area contributed by atoms with Crippen molar-refractivity contribution < 1.29 is 19.1 Å². The minimum absolute atomic E-state index is 0.0935. The van der Waals surface area contributed by atoms with E-state index in [-0.39, 0.29) is 17.7 Å². The molecule has 2 aromatic heterocycles. The third-order valence-corrected chi connectivity index (χ3v) is 5.58. The molecule has 1 aliphatic heterocycles. The molecular weight excluding hydrogens is 410 g/mol. The summed E-state index contributed by atoms with van der Waals surface area (Å²) in [7, 11) is 3.12. The number of H-pyrrole nitrogens is 1. The fraction of sp³-hybridized carbons (Fsp3) is 0.304. The SMILES string of the molecule is COc1ccc(OC)c(NC(=O)C2CCN(C(=O)c3cc(-c4cccnc4)n[nH]3)CC2)c1. The van der Waals surface area contributed by atoms with Gasteiger partial charge in [-0.25, -0.2) is 0 Å². The van der Waals surface area contributed by atoms with Gasteiger partial charge in [-0.2, -0.15) is 5.10 Å². The standard InChI is InChI=1S/C23H25N5O4/c1-31-17-5-6-21(32-2)19(12-17)25-22(29)15-7-10-28(11-8-15)23(30)20-13-18(26-27-20)16-4-3-9-24-14-16/h3-6,9,12-15H,7-8,10-11H2,1-2H3,(H,25,29)(H,26,27). The van der Waals surface area contributed by atoms with E-state index in [1.54, 1.807) is 55.8 Å². The first-order valence-electron chi connectivity index (χ1n) is 10.4. The number of aromatic amines is 1. The quantitative estimate of drug-likeness (QED) is 0.616. The summed E-state index contributed by atoms with van der Waals surface area (Å²) in [4.78, 5) is 31.5. The van der Waals surface area contributed by atoms with Crippen LogP contribution in [0.2, 0.25) is 0 Å². The monoisotopic (exact) mass is 435 g/mol. The fourth-order valence-electron chi connectivity index (χ4n) is 3.76. The van der Waals surface area contributed by atoms with Gasteiger partial charge >= 0.3 is 0 Å². The van der Waals surface area contributed by atoms with Gasteiger partial charge in [0.05, 0.1) is 25.6 Å². The van der Waals surface area contributed by atoms with Gasteiger partial charge in [-0.1, -0.05) is 0 Å². The Kier molecular flexibility index (Phi) is 6.34. The zero-order valence-electron chi connectivity index (χ0n) is 18.0. The molecule has 0 spiro atoms. The molecule has 0 unspecified atom stereocenters. The van der Waals surface area contributed by atoms with E-state index >= 15 is 0 Å². The molecule has 0 radical (unpaired) electrons. The molecule has 2 N–H and O–H groups in total. The summed E-state index contributed by atoms with van der Waals surface area (Å²) >= 11 is 0. The van der Waals surface area contributed by atoms with Crippen LogP contribution in [0.15, 0.2) is 48.8 Å². The molecule has 4 rings (SSSR count). The van der Waals surface area contributed by atoms with Crippen molar-refractivity contribution in [2.45, 2.75) is 12.8 Å². The van der Waals surface area contributed by atoms with Crippen LogP contribution in [-0.4, -0.2) is 59.2 Å². The number of methoxy groups -OCH3 is 2. The van der Waals surface area contributed by atoms with Crippen LogP contribution in [0, 0.1) is 5.92 Å². The summed E-state index contributed by atoms with van der Waals surface area (Å²) in [6.07, 6.45) is 4.54. The Morgan fingerprint density at radius 2 is 1.94 bits per heavy atom. The molecule has 2 amide bonds. The molecule has 0 atom stereocenters. The number of anilines is 1. The normalized spacial score (nSPS) is 14.1. The first-order chi connectivity index (χ1) is 15.6. The summed E-state index contributed by atoms with van der Waals surface area (Å²) in [5.41, 5.74) is 2.50. The lowest BCUT2D eigenvalue weighted by molar-refractivity contribution is -0.121. The number of benzene rings is 1. The number of pyridine rings is 1. The Labute approximate surface area is 185 Å². The number of likely N-dealkylation sites (tertiary alicyclic amines) is 1. The number of hydrogen-bond acceptors (Lipinski definition) is 6. The number of piperidine rings is 1. The van der Waals surface area contributed by atoms with Gasteiger partial charge in [0.25, 0.3) is 5.91 Å². The van der Waals surface area contributed by atoms with Crippen molar-refractivity contribution >= 4 is 17.5 Å². The highest BCUT2D eigenvalue weighted by Gasteiger charge is 2.29. The Hall–Kier alpha value is -3.88. The van der Waals surface area contributed by atoms with Crippen LogP contribution in [-0.2, 0) is 4.79 Å². The average Bonchev–Trinajstić information content (AvgIpc) is 3.34. The number of rotatable bonds is 6. The van der Waals surface area contributed by atoms with Crippen molar-refractivity contribution in [1.82, 2.24) is 20.1 Å². The second-order valence-corrected chi connectivity index (χ2v) is 7.53. The number of nitrogens with zero attached hydrogens (tertiary/aromatic N) is 3. The summed E-state index contributed by atoms with van der Waals surface area (Å²) in [6.45, 7) is 0.987. The van der Waals surface area contributed by atoms with Crippen LogP contribution in [0.25, 0.3) is 11.3 Å². The third-order valence-electron chi connectivity index (χ3n) is 5.58. The highest BCUT2D eigenvalue weighted by molar-refractivity contribution is 5.95. The van der Waals surface area contributed by atoms with Crippen LogP contribution in [0.3, 0.4) is 0 Å². The minimum Gasteiger partial charge on any atom is -0.497 e. The van der Waals surface area contributed by atoms with Gasteiger partial charge in [-0.05, 0) is 43.2 Å². The molecule has 9 heteroatoms. The predicted molar refractivity (Wildman–Crippen MR) is 119 cm³/mol. The molecule has 3 aromatic rings. The smallest absolute Gasteiger partial charge is 0.271 e. The number of aromatic nitrogens is 3. The van der Waals surface area contributed by atoms with Crippen LogP contribution < -0.4 is 14.8 Å². The summed E-state index contributed by atoms with van der Waals surface area (Å²) in [6, 6.07) is 10.7. The lowest BCUT2D eigenvalue weighted by atomic mass is 9.95. The van der Waals surface area contributed by atoms with Crippen molar-refractivity contribution in [3.05, 3.63) is 54.5 Å². The maximum atomic E-state index is 12.9. The van der Waals surface area contributed by atoms with Crippen LogP contribution in [0.4, 0.5) is 5.69 Å². The molecule has 0 aliphatic carbocycles. The maximum Gasteiger partial charge on any atom is 0.271 e. The van der Waals surface area contributed by atoms with Gasteiger partial charge in [-0.3, -0.25) is 19.7 Å². The predicted octanol–water partition coefficient (Wildman–Crippen LogP) is 2.98. The van der Waals surface area contributed by atoms with Gasteiger partial charge in [-0.15, -0.1) is 0 Å². The number of amides is 2. The Balaban J connectivity index is 1.35. The third kappa shape index (κ3) is 4.56. The van der Waals surface area contributed by atoms with Gasteiger partial charge in [0, 0.05) is 43.0 Å². The molecule has 9 nitrogen and oxygen atoms in total. The zero-order valence-corrected chi connectivity index (χ0v) is 18.0. The van der Waals surface area contributed by atoms with Crippen LogP contribution in [0.5, 0.6) is 11.5 Å². The lowest BCUT2D eigenvalue weighted by Crippen LogP contribution is -2.41. The molecule has 32 heavy (non-hydrogen) atoms. The Morgan fingerprint density at radius 1 is 1.12 bits per heavy atom.